The van der Waals surface area contributed by atoms with Crippen molar-refractivity contribution >= 4 is 12.0 Å². The van der Waals surface area contributed by atoms with Crippen LogP contribution in [0, 0.1) is 5.92 Å². The third-order valence-electron chi connectivity index (χ3n) is 7.28. The van der Waals surface area contributed by atoms with Gasteiger partial charge >= 0.3 is 6.09 Å². The van der Waals surface area contributed by atoms with Crippen molar-refractivity contribution in [3.63, 3.8) is 0 Å². The Kier molecular flexibility index (Phi) is 7.53. The van der Waals surface area contributed by atoms with Crippen LogP contribution in [0.15, 0.2) is 66.7 Å². The molecule has 1 fully saturated rings. The summed E-state index contributed by atoms with van der Waals surface area (Å²) in [5.74, 6) is 0.669. The highest BCUT2D eigenvalue weighted by Gasteiger charge is 2.32. The zero-order valence-corrected chi connectivity index (χ0v) is 20.6. The molecule has 0 aromatic heterocycles. The molecular weight excluding hydrogens is 454 g/mol. The number of rotatable bonds is 7. The Morgan fingerprint density at radius 2 is 1.81 bits per heavy atom. The molecule has 2 aromatic carbocycles. The van der Waals surface area contributed by atoms with Gasteiger partial charge in [-0.15, -0.1) is 0 Å². The van der Waals surface area contributed by atoms with Crippen LogP contribution in [0.25, 0.3) is 0 Å². The van der Waals surface area contributed by atoms with Crippen LogP contribution < -0.4 is 11.1 Å². The number of amides is 2. The van der Waals surface area contributed by atoms with Gasteiger partial charge in [-0.3, -0.25) is 14.6 Å². The minimum Gasteiger partial charge on any atom is -0.391 e. The molecule has 2 amide bonds. The number of alkyl carbamates (subject to hydrolysis) is 1. The zero-order valence-electron chi connectivity index (χ0n) is 20.6. The summed E-state index contributed by atoms with van der Waals surface area (Å²) in [7, 11) is 0. The summed E-state index contributed by atoms with van der Waals surface area (Å²) in [4.78, 5) is 32.0. The summed E-state index contributed by atoms with van der Waals surface area (Å²) in [6, 6.07) is 18.3. The number of carbonyl (C=O) groups is 2. The average molecular weight is 490 g/mol. The number of carbonyl (C=O) groups excluding carboxylic acids is 2. The van der Waals surface area contributed by atoms with Crippen molar-refractivity contribution in [2.45, 2.75) is 31.8 Å². The number of likely N-dealkylation sites (tertiary alicyclic amines) is 1. The number of hydrogen-bond acceptors (Lipinski definition) is 6. The van der Waals surface area contributed by atoms with E-state index in [-0.39, 0.29) is 17.8 Å². The van der Waals surface area contributed by atoms with E-state index in [1.165, 1.54) is 5.56 Å². The van der Waals surface area contributed by atoms with Crippen molar-refractivity contribution < 1.29 is 14.3 Å². The topological polar surface area (TPSA) is 91.1 Å². The van der Waals surface area contributed by atoms with Gasteiger partial charge in [0.15, 0.2) is 0 Å². The number of nitrogens with zero attached hydrogens (tertiary/aromatic N) is 3. The standard InChI is InChI=1S/C28H35N5O3/c29-15-22-17-32(18-22)19-26(34)33-14-13-31(16-21-7-2-1-3-8-21)20-27(33)36-28(35)30-25-12-6-10-23-9-4-5-11-24(23)25/h1-5,7-9,11,20,22,25H,6,10,12-19,29H2,(H,30,35). The lowest BCUT2D eigenvalue weighted by atomic mass is 9.88. The summed E-state index contributed by atoms with van der Waals surface area (Å²) < 4.78 is 5.82. The van der Waals surface area contributed by atoms with Gasteiger partial charge in [-0.05, 0) is 48.4 Å². The first-order chi connectivity index (χ1) is 17.6. The number of ether oxygens (including phenoxy) is 1. The van der Waals surface area contributed by atoms with E-state index in [9.17, 15) is 9.59 Å². The smallest absolute Gasteiger partial charge is 0.391 e. The summed E-state index contributed by atoms with van der Waals surface area (Å²) >= 11 is 0. The average Bonchev–Trinajstić information content (AvgIpc) is 2.87. The molecule has 0 radical (unpaired) electrons. The Morgan fingerprint density at radius 3 is 2.61 bits per heavy atom. The number of fused-ring (bicyclic) bond motifs is 1. The number of aryl methyl sites for hydroxylation is 1. The largest absolute Gasteiger partial charge is 0.414 e. The molecule has 3 N–H and O–H groups in total. The Morgan fingerprint density at radius 1 is 1.03 bits per heavy atom. The maximum atomic E-state index is 13.2. The maximum Gasteiger partial charge on any atom is 0.414 e. The lowest BCUT2D eigenvalue weighted by molar-refractivity contribution is -0.134. The second kappa shape index (κ2) is 11.1. The van der Waals surface area contributed by atoms with E-state index in [1.807, 2.05) is 30.3 Å². The molecule has 1 unspecified atom stereocenters. The van der Waals surface area contributed by atoms with E-state index < -0.39 is 6.09 Å². The molecule has 0 saturated carbocycles. The molecule has 2 aromatic rings. The van der Waals surface area contributed by atoms with Gasteiger partial charge in [0.25, 0.3) is 0 Å². The summed E-state index contributed by atoms with van der Waals surface area (Å²) in [5.41, 5.74) is 9.30. The maximum absolute atomic E-state index is 13.2. The van der Waals surface area contributed by atoms with E-state index in [2.05, 4.69) is 39.4 Å². The summed E-state index contributed by atoms with van der Waals surface area (Å²) in [6.45, 7) is 4.41. The molecule has 1 aliphatic carbocycles. The lowest BCUT2D eigenvalue weighted by Crippen LogP contribution is -2.54. The van der Waals surface area contributed by atoms with Crippen LogP contribution in [-0.2, 0) is 22.5 Å². The van der Waals surface area contributed by atoms with Gasteiger partial charge in [0.1, 0.15) is 0 Å². The summed E-state index contributed by atoms with van der Waals surface area (Å²) in [5, 5.41) is 3.04. The van der Waals surface area contributed by atoms with Gasteiger partial charge in [0, 0.05) is 32.7 Å². The van der Waals surface area contributed by atoms with Gasteiger partial charge in [-0.2, -0.15) is 0 Å². The van der Waals surface area contributed by atoms with Crippen LogP contribution in [0.1, 0.15) is 35.6 Å². The zero-order chi connectivity index (χ0) is 24.9. The number of nitrogens with one attached hydrogen (secondary N) is 1. The molecule has 8 heteroatoms. The van der Waals surface area contributed by atoms with Crippen molar-refractivity contribution in [2.24, 2.45) is 11.7 Å². The highest BCUT2D eigenvalue weighted by Crippen LogP contribution is 2.30. The molecule has 1 saturated heterocycles. The number of benzene rings is 2. The van der Waals surface area contributed by atoms with Crippen LogP contribution in [0.3, 0.4) is 0 Å². The Labute approximate surface area is 212 Å². The van der Waals surface area contributed by atoms with Gasteiger partial charge in [0.05, 0.1) is 18.8 Å². The minimum absolute atomic E-state index is 0.0631. The van der Waals surface area contributed by atoms with Gasteiger partial charge in [-0.1, -0.05) is 54.6 Å². The minimum atomic E-state index is -0.533. The van der Waals surface area contributed by atoms with Crippen molar-refractivity contribution in [1.29, 1.82) is 0 Å². The first-order valence-electron chi connectivity index (χ1n) is 12.9. The van der Waals surface area contributed by atoms with Crippen molar-refractivity contribution in [3.05, 3.63) is 83.4 Å². The Hall–Kier alpha value is -3.36. The highest BCUT2D eigenvalue weighted by molar-refractivity contribution is 5.81. The van der Waals surface area contributed by atoms with E-state index in [4.69, 9.17) is 10.5 Å². The molecule has 8 nitrogen and oxygen atoms in total. The second-order valence-electron chi connectivity index (χ2n) is 9.94. The van der Waals surface area contributed by atoms with E-state index in [1.54, 1.807) is 11.1 Å². The Balaban J connectivity index is 1.28. The number of hydrogen-bond donors (Lipinski definition) is 2. The van der Waals surface area contributed by atoms with Crippen LogP contribution in [0.4, 0.5) is 4.79 Å². The fourth-order valence-electron chi connectivity index (χ4n) is 5.30. The third-order valence-corrected chi connectivity index (χ3v) is 7.28. The van der Waals surface area contributed by atoms with E-state index >= 15 is 0 Å². The molecule has 1 atom stereocenters. The first-order valence-corrected chi connectivity index (χ1v) is 12.9. The molecule has 36 heavy (non-hydrogen) atoms. The highest BCUT2D eigenvalue weighted by atomic mass is 16.6. The monoisotopic (exact) mass is 489 g/mol. The molecule has 0 bridgehead atoms. The lowest BCUT2D eigenvalue weighted by Gasteiger charge is -2.40. The predicted molar refractivity (Wildman–Crippen MR) is 137 cm³/mol. The van der Waals surface area contributed by atoms with Crippen molar-refractivity contribution in [1.82, 2.24) is 20.0 Å². The third kappa shape index (κ3) is 5.71. The number of nitrogens with two attached hydrogens (primary N) is 1. The normalized spacial score (nSPS) is 20.2. The quantitative estimate of drug-likeness (QED) is 0.622. The van der Waals surface area contributed by atoms with Crippen LogP contribution in [0.5, 0.6) is 0 Å². The fraction of sp³-hybridized carbons (Fsp3) is 0.429. The van der Waals surface area contributed by atoms with Gasteiger partial charge < -0.3 is 20.7 Å². The van der Waals surface area contributed by atoms with Crippen LogP contribution >= 0.6 is 0 Å². The summed E-state index contributed by atoms with van der Waals surface area (Å²) in [6.07, 6.45) is 4.16. The Bertz CT molecular complexity index is 1100. The SMILES string of the molecule is NCC1CN(CC(=O)N2CCN(Cc3ccccc3)C=C2OC(=O)NC2CCCc3ccccc32)C1. The molecule has 3 aliphatic rings. The first kappa shape index (κ1) is 24.3. The molecule has 5 rings (SSSR count). The fourth-order valence-corrected chi connectivity index (χ4v) is 5.30. The van der Waals surface area contributed by atoms with E-state index in [0.717, 1.165) is 43.5 Å². The predicted octanol–water partition coefficient (Wildman–Crippen LogP) is 2.82. The second-order valence-corrected chi connectivity index (χ2v) is 9.94. The van der Waals surface area contributed by atoms with Crippen molar-refractivity contribution in [3.8, 4) is 0 Å². The van der Waals surface area contributed by atoms with E-state index in [0.29, 0.717) is 38.6 Å². The van der Waals surface area contributed by atoms with Crippen LogP contribution in [-0.4, -0.2) is 66.0 Å². The van der Waals surface area contributed by atoms with Crippen molar-refractivity contribution in [2.75, 3.05) is 39.3 Å². The van der Waals surface area contributed by atoms with Gasteiger partial charge in [-0.25, -0.2) is 4.79 Å². The molecule has 2 aliphatic heterocycles. The molecule has 2 heterocycles. The molecule has 0 spiro atoms. The molecule has 190 valence electrons. The molecular formula is C28H35N5O3. The van der Waals surface area contributed by atoms with Crippen LogP contribution in [0.2, 0.25) is 0 Å². The van der Waals surface area contributed by atoms with Gasteiger partial charge in [0.2, 0.25) is 11.8 Å².